The van der Waals surface area contributed by atoms with Gasteiger partial charge in [0.05, 0.1) is 0 Å². The number of ether oxygens (including phenoxy) is 2. The molecule has 0 fully saturated rings. The highest BCUT2D eigenvalue weighted by Gasteiger charge is 2.22. The summed E-state index contributed by atoms with van der Waals surface area (Å²) < 4.78 is 12.7. The van der Waals surface area contributed by atoms with Gasteiger partial charge < -0.3 is 14.5 Å². The number of benzene rings is 1. The van der Waals surface area contributed by atoms with E-state index >= 15 is 0 Å². The smallest absolute Gasteiger partial charge is 0.347 e. The number of nitrogens with one attached hydrogen (secondary N) is 1. The zero-order valence-corrected chi connectivity index (χ0v) is 16.4. The van der Waals surface area contributed by atoms with Crippen LogP contribution in [0.2, 0.25) is 0 Å². The van der Waals surface area contributed by atoms with E-state index in [1.807, 2.05) is 31.2 Å². The molecule has 2 aromatic heterocycles. The molecule has 3 rings (SSSR count). The fourth-order valence-electron chi connectivity index (χ4n) is 2.71. The van der Waals surface area contributed by atoms with E-state index in [-0.39, 0.29) is 23.2 Å². The lowest BCUT2D eigenvalue weighted by molar-refractivity contribution is -0.153. The largest absolute Gasteiger partial charge is 0.479 e. The van der Waals surface area contributed by atoms with Gasteiger partial charge in [0.15, 0.2) is 18.5 Å². The van der Waals surface area contributed by atoms with E-state index in [0.29, 0.717) is 18.0 Å². The fraction of sp³-hybridized carbons (Fsp3) is 0.400. The van der Waals surface area contributed by atoms with E-state index in [0.717, 1.165) is 5.56 Å². The number of carbonyl (C=O) groups is 1. The summed E-state index contributed by atoms with van der Waals surface area (Å²) in [7, 11) is 0. The van der Waals surface area contributed by atoms with Crippen LogP contribution in [0.4, 0.5) is 0 Å². The van der Waals surface area contributed by atoms with Crippen LogP contribution in [0, 0.1) is 0 Å². The van der Waals surface area contributed by atoms with Crippen molar-refractivity contribution in [1.29, 1.82) is 0 Å². The first kappa shape index (κ1) is 19.6. The molecule has 0 bridgehead atoms. The number of esters is 1. The lowest BCUT2D eigenvalue weighted by Crippen LogP contribution is -2.29. The van der Waals surface area contributed by atoms with Crippen LogP contribution in [-0.2, 0) is 21.6 Å². The molecule has 0 spiro atoms. The minimum absolute atomic E-state index is 0.0197. The predicted molar refractivity (Wildman–Crippen MR) is 103 cm³/mol. The van der Waals surface area contributed by atoms with Crippen molar-refractivity contribution in [2.45, 2.75) is 52.2 Å². The molecule has 0 aliphatic heterocycles. The maximum Gasteiger partial charge on any atom is 0.347 e. The number of nitrogens with zero attached hydrogens (tertiary/aromatic N) is 3. The molecule has 3 aromatic rings. The van der Waals surface area contributed by atoms with Gasteiger partial charge in [0.1, 0.15) is 5.75 Å². The van der Waals surface area contributed by atoms with Gasteiger partial charge in [-0.15, -0.1) is 10.2 Å². The molecule has 0 saturated heterocycles. The molecule has 2 heterocycles. The summed E-state index contributed by atoms with van der Waals surface area (Å²) in [6, 6.07) is 7.70. The molecule has 28 heavy (non-hydrogen) atoms. The standard InChI is InChI=1S/C20H24N4O4/c1-5-15(28-14-8-6-7-13(11-14)20(2,3)4)19(26)27-12-16-22-23-17-18(25)21-9-10-24(16)17/h6-11,15H,5,12H2,1-4H3,(H,21,25). The Hall–Kier alpha value is -3.16. The molecule has 0 aliphatic carbocycles. The van der Waals surface area contributed by atoms with Crippen LogP contribution < -0.4 is 10.3 Å². The van der Waals surface area contributed by atoms with E-state index in [9.17, 15) is 9.59 Å². The molecule has 0 aliphatic rings. The van der Waals surface area contributed by atoms with Crippen LogP contribution in [0.5, 0.6) is 5.75 Å². The first-order chi connectivity index (χ1) is 13.3. The lowest BCUT2D eigenvalue weighted by atomic mass is 9.87. The first-order valence-electron chi connectivity index (χ1n) is 9.14. The molecule has 1 unspecified atom stereocenters. The summed E-state index contributed by atoms with van der Waals surface area (Å²) in [4.78, 5) is 26.7. The highest BCUT2D eigenvalue weighted by atomic mass is 16.6. The second kappa shape index (κ2) is 7.84. The average Bonchev–Trinajstić information content (AvgIpc) is 3.08. The van der Waals surface area contributed by atoms with E-state index in [1.54, 1.807) is 6.20 Å². The van der Waals surface area contributed by atoms with Gasteiger partial charge in [0, 0.05) is 12.4 Å². The Bertz CT molecular complexity index is 1030. The van der Waals surface area contributed by atoms with Crippen LogP contribution in [0.15, 0.2) is 41.5 Å². The Balaban J connectivity index is 1.68. The first-order valence-corrected chi connectivity index (χ1v) is 9.14. The quantitative estimate of drug-likeness (QED) is 0.656. The number of hydrogen-bond acceptors (Lipinski definition) is 6. The van der Waals surface area contributed by atoms with Gasteiger partial charge in [-0.3, -0.25) is 9.20 Å². The van der Waals surface area contributed by atoms with Gasteiger partial charge in [-0.25, -0.2) is 4.79 Å². The Morgan fingerprint density at radius 3 is 2.79 bits per heavy atom. The number of rotatable bonds is 6. The number of aromatic amines is 1. The van der Waals surface area contributed by atoms with Crippen molar-refractivity contribution in [3.05, 3.63) is 58.4 Å². The third-order valence-corrected chi connectivity index (χ3v) is 4.36. The molecule has 1 atom stereocenters. The van der Waals surface area contributed by atoms with Crippen molar-refractivity contribution in [3.63, 3.8) is 0 Å². The molecule has 0 saturated carbocycles. The van der Waals surface area contributed by atoms with Crippen molar-refractivity contribution in [2.24, 2.45) is 0 Å². The van der Waals surface area contributed by atoms with Gasteiger partial charge in [-0.1, -0.05) is 39.8 Å². The normalized spacial score (nSPS) is 12.7. The van der Waals surface area contributed by atoms with Gasteiger partial charge in [-0.05, 0) is 29.5 Å². The molecule has 148 valence electrons. The highest BCUT2D eigenvalue weighted by Crippen LogP contribution is 2.26. The third kappa shape index (κ3) is 4.21. The van der Waals surface area contributed by atoms with Crippen molar-refractivity contribution in [1.82, 2.24) is 19.6 Å². The summed E-state index contributed by atoms with van der Waals surface area (Å²) in [6.07, 6.45) is 2.80. The summed E-state index contributed by atoms with van der Waals surface area (Å²) in [6.45, 7) is 8.10. The number of fused-ring (bicyclic) bond motifs is 1. The third-order valence-electron chi connectivity index (χ3n) is 4.36. The monoisotopic (exact) mass is 384 g/mol. The Morgan fingerprint density at radius 2 is 2.07 bits per heavy atom. The number of H-pyrrole nitrogens is 1. The molecule has 8 heteroatoms. The Labute approximate surface area is 162 Å². The van der Waals surface area contributed by atoms with E-state index in [2.05, 4.69) is 36.0 Å². The second-order valence-corrected chi connectivity index (χ2v) is 7.50. The van der Waals surface area contributed by atoms with E-state index < -0.39 is 12.1 Å². The molecular weight excluding hydrogens is 360 g/mol. The van der Waals surface area contributed by atoms with Crippen LogP contribution >= 0.6 is 0 Å². The topological polar surface area (TPSA) is 98.6 Å². The van der Waals surface area contributed by atoms with Crippen molar-refractivity contribution in [2.75, 3.05) is 0 Å². The SMILES string of the molecule is CCC(Oc1cccc(C(C)(C)C)c1)C(=O)OCc1nnc2c(=O)[nH]ccn12. The van der Waals surface area contributed by atoms with Crippen molar-refractivity contribution >= 4 is 11.6 Å². The Morgan fingerprint density at radius 1 is 1.29 bits per heavy atom. The maximum atomic E-state index is 12.5. The molecular formula is C20H24N4O4. The summed E-state index contributed by atoms with van der Waals surface area (Å²) in [5.41, 5.74) is 0.888. The number of aromatic nitrogens is 4. The van der Waals surface area contributed by atoms with Crippen LogP contribution in [0.25, 0.3) is 5.65 Å². The summed E-state index contributed by atoms with van der Waals surface area (Å²) >= 11 is 0. The Kier molecular flexibility index (Phi) is 5.48. The zero-order chi connectivity index (χ0) is 20.3. The van der Waals surface area contributed by atoms with E-state index in [1.165, 1.54) is 10.6 Å². The summed E-state index contributed by atoms with van der Waals surface area (Å²) in [5, 5.41) is 7.72. The van der Waals surface area contributed by atoms with Crippen molar-refractivity contribution in [3.8, 4) is 5.75 Å². The predicted octanol–water partition coefficient (Wildman–Crippen LogP) is 2.62. The van der Waals surface area contributed by atoms with Gasteiger partial charge >= 0.3 is 5.97 Å². The van der Waals surface area contributed by atoms with Crippen molar-refractivity contribution < 1.29 is 14.3 Å². The minimum Gasteiger partial charge on any atom is -0.479 e. The van der Waals surface area contributed by atoms with Gasteiger partial charge in [-0.2, -0.15) is 0 Å². The van der Waals surface area contributed by atoms with Gasteiger partial charge in [0.25, 0.3) is 5.56 Å². The minimum atomic E-state index is -0.738. The number of carbonyl (C=O) groups excluding carboxylic acids is 1. The molecule has 8 nitrogen and oxygen atoms in total. The molecule has 1 aromatic carbocycles. The summed E-state index contributed by atoms with van der Waals surface area (Å²) in [5.74, 6) is 0.486. The molecule has 0 amide bonds. The zero-order valence-electron chi connectivity index (χ0n) is 16.4. The fourth-order valence-corrected chi connectivity index (χ4v) is 2.71. The van der Waals surface area contributed by atoms with E-state index in [4.69, 9.17) is 9.47 Å². The molecule has 1 N–H and O–H groups in total. The number of hydrogen-bond donors (Lipinski definition) is 1. The maximum absolute atomic E-state index is 12.5. The van der Waals surface area contributed by atoms with Crippen LogP contribution in [0.1, 0.15) is 45.5 Å². The highest BCUT2D eigenvalue weighted by molar-refractivity contribution is 5.75. The second-order valence-electron chi connectivity index (χ2n) is 7.50. The average molecular weight is 384 g/mol. The van der Waals surface area contributed by atoms with Crippen LogP contribution in [0.3, 0.4) is 0 Å². The van der Waals surface area contributed by atoms with Gasteiger partial charge in [0.2, 0.25) is 5.65 Å². The van der Waals surface area contributed by atoms with Crippen LogP contribution in [-0.4, -0.2) is 31.7 Å². The molecule has 0 radical (unpaired) electrons. The lowest BCUT2D eigenvalue weighted by Gasteiger charge is -2.21.